The van der Waals surface area contributed by atoms with E-state index < -0.39 is 6.10 Å². The van der Waals surface area contributed by atoms with E-state index in [4.69, 9.17) is 4.74 Å². The van der Waals surface area contributed by atoms with Crippen LogP contribution in [0.3, 0.4) is 0 Å². The lowest BCUT2D eigenvalue weighted by atomic mass is 10.00. The Morgan fingerprint density at radius 2 is 1.96 bits per heavy atom. The van der Waals surface area contributed by atoms with E-state index in [1.807, 2.05) is 34.9 Å². The Labute approximate surface area is 170 Å². The van der Waals surface area contributed by atoms with Crippen LogP contribution in [0.4, 0.5) is 0 Å². The van der Waals surface area contributed by atoms with Gasteiger partial charge in [0.2, 0.25) is 0 Å². The Balaban J connectivity index is 1.68. The SMILES string of the molecule is Cc1ccc(OCCSc2nc3ccccc3n2C[C@@H](O)CO)c(C(C)C)c1. The van der Waals surface area contributed by atoms with Crippen molar-refractivity contribution in [1.82, 2.24) is 9.55 Å². The number of benzene rings is 2. The molecule has 1 heterocycles. The van der Waals surface area contributed by atoms with Gasteiger partial charge >= 0.3 is 0 Å². The molecular weight excluding hydrogens is 372 g/mol. The minimum absolute atomic E-state index is 0.273. The molecule has 0 spiro atoms. The molecule has 3 aromatic rings. The van der Waals surface area contributed by atoms with E-state index in [2.05, 4.69) is 37.9 Å². The number of hydrogen-bond donors (Lipinski definition) is 2. The van der Waals surface area contributed by atoms with Gasteiger partial charge in [0.15, 0.2) is 5.16 Å². The van der Waals surface area contributed by atoms with Gasteiger partial charge in [-0.3, -0.25) is 0 Å². The highest BCUT2D eigenvalue weighted by Gasteiger charge is 2.14. The van der Waals surface area contributed by atoms with E-state index in [0.717, 1.165) is 27.7 Å². The first-order valence-corrected chi connectivity index (χ1v) is 10.6. The molecular formula is C22H28N2O3S. The molecule has 0 fully saturated rings. The summed E-state index contributed by atoms with van der Waals surface area (Å²) in [6.45, 7) is 7.05. The number of aliphatic hydroxyl groups is 2. The molecule has 5 nitrogen and oxygen atoms in total. The lowest BCUT2D eigenvalue weighted by Crippen LogP contribution is -2.20. The zero-order valence-corrected chi connectivity index (χ0v) is 17.4. The van der Waals surface area contributed by atoms with Crippen LogP contribution in [0.1, 0.15) is 30.9 Å². The maximum atomic E-state index is 9.91. The summed E-state index contributed by atoms with van der Waals surface area (Å²) >= 11 is 1.60. The Morgan fingerprint density at radius 1 is 1.18 bits per heavy atom. The standard InChI is InChI=1S/C22H28N2O3S/c1-15(2)18-12-16(3)8-9-21(18)27-10-11-28-22-23-19-6-4-5-7-20(19)24(22)13-17(26)14-25/h4-9,12,15,17,25-26H,10-11,13-14H2,1-3H3/t17-/m1/s1. The average molecular weight is 401 g/mol. The molecule has 0 unspecified atom stereocenters. The molecule has 0 aliphatic carbocycles. The topological polar surface area (TPSA) is 67.5 Å². The quantitative estimate of drug-likeness (QED) is 0.420. The number of imidazole rings is 1. The van der Waals surface area contributed by atoms with E-state index in [9.17, 15) is 10.2 Å². The Morgan fingerprint density at radius 3 is 2.71 bits per heavy atom. The van der Waals surface area contributed by atoms with Gasteiger partial charge in [-0.05, 0) is 36.6 Å². The highest BCUT2D eigenvalue weighted by molar-refractivity contribution is 7.99. The summed E-state index contributed by atoms with van der Waals surface area (Å²) in [6, 6.07) is 14.1. The van der Waals surface area contributed by atoms with Crippen molar-refractivity contribution in [3.63, 3.8) is 0 Å². The smallest absolute Gasteiger partial charge is 0.169 e. The largest absolute Gasteiger partial charge is 0.492 e. The normalized spacial score (nSPS) is 12.6. The molecule has 0 bridgehead atoms. The van der Waals surface area contributed by atoms with Crippen molar-refractivity contribution in [2.24, 2.45) is 0 Å². The monoisotopic (exact) mass is 400 g/mol. The van der Waals surface area contributed by atoms with Gasteiger partial charge in [-0.2, -0.15) is 0 Å². The van der Waals surface area contributed by atoms with Crippen LogP contribution in [0.5, 0.6) is 5.75 Å². The van der Waals surface area contributed by atoms with E-state index in [1.54, 1.807) is 11.8 Å². The third kappa shape index (κ3) is 4.87. The van der Waals surface area contributed by atoms with Crippen molar-refractivity contribution in [2.75, 3.05) is 19.0 Å². The molecule has 3 rings (SSSR count). The molecule has 150 valence electrons. The third-order valence-electron chi connectivity index (χ3n) is 4.58. The molecule has 28 heavy (non-hydrogen) atoms. The number of fused-ring (bicyclic) bond motifs is 1. The highest BCUT2D eigenvalue weighted by Crippen LogP contribution is 2.28. The fourth-order valence-corrected chi connectivity index (χ4v) is 3.98. The number of aliphatic hydroxyl groups excluding tert-OH is 2. The van der Waals surface area contributed by atoms with Crippen LogP contribution in [0.2, 0.25) is 0 Å². The molecule has 2 aromatic carbocycles. The first-order chi connectivity index (χ1) is 13.5. The molecule has 1 aromatic heterocycles. The van der Waals surface area contributed by atoms with Gasteiger partial charge in [-0.1, -0.05) is 55.4 Å². The number of para-hydroxylation sites is 2. The Kier molecular flexibility index (Phi) is 6.99. The number of ether oxygens (including phenoxy) is 1. The predicted octanol–water partition coefficient (Wildman–Crippen LogP) is 3.99. The van der Waals surface area contributed by atoms with Gasteiger partial charge < -0.3 is 19.5 Å². The lowest BCUT2D eigenvalue weighted by molar-refractivity contribution is 0.0802. The molecule has 1 atom stereocenters. The van der Waals surface area contributed by atoms with Crippen LogP contribution in [0, 0.1) is 6.92 Å². The van der Waals surface area contributed by atoms with Crippen LogP contribution < -0.4 is 4.74 Å². The van der Waals surface area contributed by atoms with Crippen LogP contribution in [-0.2, 0) is 6.54 Å². The Hall–Kier alpha value is -2.02. The first kappa shape index (κ1) is 20.7. The lowest BCUT2D eigenvalue weighted by Gasteiger charge is -2.15. The summed E-state index contributed by atoms with van der Waals surface area (Å²) in [5, 5.41) is 19.9. The number of hydrogen-bond acceptors (Lipinski definition) is 5. The van der Waals surface area contributed by atoms with Crippen molar-refractivity contribution in [3.05, 3.63) is 53.6 Å². The third-order valence-corrected chi connectivity index (χ3v) is 5.52. The maximum absolute atomic E-state index is 9.91. The second kappa shape index (κ2) is 9.45. The fourth-order valence-electron chi connectivity index (χ4n) is 3.14. The predicted molar refractivity (Wildman–Crippen MR) is 114 cm³/mol. The Bertz CT molecular complexity index is 923. The van der Waals surface area contributed by atoms with Gasteiger partial charge in [0.1, 0.15) is 5.75 Å². The van der Waals surface area contributed by atoms with Crippen molar-refractivity contribution >= 4 is 22.8 Å². The maximum Gasteiger partial charge on any atom is 0.169 e. The average Bonchev–Trinajstić information content (AvgIpc) is 3.03. The van der Waals surface area contributed by atoms with Crippen LogP contribution in [0.15, 0.2) is 47.6 Å². The number of aryl methyl sites for hydroxylation is 1. The van der Waals surface area contributed by atoms with Crippen LogP contribution >= 0.6 is 11.8 Å². The molecule has 0 aliphatic heterocycles. The van der Waals surface area contributed by atoms with E-state index in [1.165, 1.54) is 11.1 Å². The van der Waals surface area contributed by atoms with E-state index >= 15 is 0 Å². The fraction of sp³-hybridized carbons (Fsp3) is 0.409. The van der Waals surface area contributed by atoms with Crippen molar-refractivity contribution in [1.29, 1.82) is 0 Å². The summed E-state index contributed by atoms with van der Waals surface area (Å²) in [5.41, 5.74) is 4.31. The van der Waals surface area contributed by atoms with Gasteiger partial charge in [-0.25, -0.2) is 4.98 Å². The molecule has 0 radical (unpaired) electrons. The summed E-state index contributed by atoms with van der Waals surface area (Å²) in [5.74, 6) is 2.08. The zero-order valence-electron chi connectivity index (χ0n) is 16.6. The van der Waals surface area contributed by atoms with E-state index in [0.29, 0.717) is 19.1 Å². The first-order valence-electron chi connectivity index (χ1n) is 9.60. The van der Waals surface area contributed by atoms with Crippen molar-refractivity contribution < 1.29 is 14.9 Å². The highest BCUT2D eigenvalue weighted by atomic mass is 32.2. The van der Waals surface area contributed by atoms with Crippen LogP contribution in [0.25, 0.3) is 11.0 Å². The molecule has 0 saturated heterocycles. The molecule has 0 aliphatic rings. The summed E-state index contributed by atoms with van der Waals surface area (Å²) in [4.78, 5) is 4.68. The number of thioether (sulfide) groups is 1. The second-order valence-electron chi connectivity index (χ2n) is 7.22. The van der Waals surface area contributed by atoms with Gasteiger partial charge in [-0.15, -0.1) is 0 Å². The van der Waals surface area contributed by atoms with Gasteiger partial charge in [0.05, 0.1) is 36.9 Å². The molecule has 2 N–H and O–H groups in total. The summed E-state index contributed by atoms with van der Waals surface area (Å²) in [6.07, 6.45) is -0.811. The van der Waals surface area contributed by atoms with Crippen molar-refractivity contribution in [3.8, 4) is 5.75 Å². The minimum Gasteiger partial charge on any atom is -0.492 e. The summed E-state index contributed by atoms with van der Waals surface area (Å²) < 4.78 is 8.01. The number of nitrogens with zero attached hydrogens (tertiary/aromatic N) is 2. The minimum atomic E-state index is -0.811. The van der Waals surface area contributed by atoms with Gasteiger partial charge in [0, 0.05) is 5.75 Å². The van der Waals surface area contributed by atoms with E-state index in [-0.39, 0.29) is 6.61 Å². The van der Waals surface area contributed by atoms with Crippen LogP contribution in [-0.4, -0.2) is 44.8 Å². The molecule has 0 saturated carbocycles. The van der Waals surface area contributed by atoms with Gasteiger partial charge in [0.25, 0.3) is 0 Å². The molecule has 0 amide bonds. The molecule has 6 heteroatoms. The summed E-state index contributed by atoms with van der Waals surface area (Å²) in [7, 11) is 0. The zero-order chi connectivity index (χ0) is 20.1. The number of rotatable bonds is 9. The number of aromatic nitrogens is 2. The van der Waals surface area contributed by atoms with Crippen molar-refractivity contribution in [2.45, 2.75) is 44.5 Å². The second-order valence-corrected chi connectivity index (χ2v) is 8.29.